The van der Waals surface area contributed by atoms with Gasteiger partial charge in [-0.2, -0.15) is 0 Å². The van der Waals surface area contributed by atoms with Crippen LogP contribution in [0.1, 0.15) is 27.0 Å². The van der Waals surface area contributed by atoms with E-state index in [0.29, 0.717) is 16.0 Å². The Morgan fingerprint density at radius 3 is 2.63 bits per heavy atom. The zero-order chi connectivity index (χ0) is 13.8. The Kier molecular flexibility index (Phi) is 4.27. The summed E-state index contributed by atoms with van der Waals surface area (Å²) in [6, 6.07) is 6.87. The minimum absolute atomic E-state index is 0.0771. The number of hydrogen-bond donors (Lipinski definition) is 0. The van der Waals surface area contributed by atoms with E-state index in [-0.39, 0.29) is 6.42 Å². The third-order valence-electron chi connectivity index (χ3n) is 2.75. The van der Waals surface area contributed by atoms with Gasteiger partial charge in [0.25, 0.3) is 0 Å². The number of hydrogen-bond acceptors (Lipinski definition) is 3. The number of carbonyl (C=O) groups excluding carboxylic acids is 1. The van der Waals surface area contributed by atoms with E-state index in [4.69, 9.17) is 0 Å². The molecule has 100 valence electrons. The highest BCUT2D eigenvalue weighted by Gasteiger charge is 2.18. The lowest BCUT2D eigenvalue weighted by Gasteiger charge is -2.08. The van der Waals surface area contributed by atoms with Gasteiger partial charge in [-0.15, -0.1) is 11.3 Å². The average Bonchev–Trinajstić information content (AvgIpc) is 2.86. The first kappa shape index (κ1) is 13.7. The van der Waals surface area contributed by atoms with E-state index in [1.807, 2.05) is 0 Å². The lowest BCUT2D eigenvalue weighted by atomic mass is 10.1. The standard InChI is InChI=1S/C14H12F2O2S/c1-18-14(17)11-6-7-19-13(11)8-12(16)9-2-4-10(15)5-3-9/h2-7,12H,8H2,1H3. The van der Waals surface area contributed by atoms with E-state index in [0.717, 1.165) is 0 Å². The molecular formula is C14H12F2O2S. The second-order valence-electron chi connectivity index (χ2n) is 3.97. The quantitative estimate of drug-likeness (QED) is 0.794. The minimum Gasteiger partial charge on any atom is -0.465 e. The fourth-order valence-corrected chi connectivity index (χ4v) is 2.63. The number of ether oxygens (including phenoxy) is 1. The fraction of sp³-hybridized carbons (Fsp3) is 0.214. The number of carbonyl (C=O) groups is 1. The molecule has 19 heavy (non-hydrogen) atoms. The molecule has 1 atom stereocenters. The summed E-state index contributed by atoms with van der Waals surface area (Å²) in [4.78, 5) is 12.1. The first-order valence-corrected chi connectivity index (χ1v) is 6.54. The van der Waals surface area contributed by atoms with Crippen molar-refractivity contribution < 1.29 is 18.3 Å². The van der Waals surface area contributed by atoms with Gasteiger partial charge in [0.1, 0.15) is 12.0 Å². The van der Waals surface area contributed by atoms with Crippen LogP contribution < -0.4 is 0 Å². The summed E-state index contributed by atoms with van der Waals surface area (Å²) >= 11 is 1.30. The van der Waals surface area contributed by atoms with Crippen molar-refractivity contribution >= 4 is 17.3 Å². The maximum absolute atomic E-state index is 14.1. The lowest BCUT2D eigenvalue weighted by Crippen LogP contribution is -2.05. The van der Waals surface area contributed by atoms with Gasteiger partial charge in [-0.05, 0) is 29.1 Å². The Balaban J connectivity index is 2.15. The van der Waals surface area contributed by atoms with Gasteiger partial charge in [0.05, 0.1) is 12.7 Å². The van der Waals surface area contributed by atoms with Crippen LogP contribution >= 0.6 is 11.3 Å². The molecule has 0 aliphatic rings. The molecule has 0 radical (unpaired) electrons. The summed E-state index contributed by atoms with van der Waals surface area (Å²) in [6.07, 6.45) is -1.20. The monoisotopic (exact) mass is 282 g/mol. The van der Waals surface area contributed by atoms with Gasteiger partial charge in [-0.3, -0.25) is 0 Å². The van der Waals surface area contributed by atoms with Gasteiger partial charge in [-0.25, -0.2) is 13.6 Å². The van der Waals surface area contributed by atoms with E-state index in [1.165, 1.54) is 42.7 Å². The maximum Gasteiger partial charge on any atom is 0.338 e. The molecule has 1 heterocycles. The first-order chi connectivity index (χ1) is 9.11. The van der Waals surface area contributed by atoms with Gasteiger partial charge < -0.3 is 4.74 Å². The molecule has 1 aromatic heterocycles. The van der Waals surface area contributed by atoms with Crippen molar-refractivity contribution in [1.29, 1.82) is 0 Å². The Morgan fingerprint density at radius 2 is 2.00 bits per heavy atom. The third-order valence-corrected chi connectivity index (χ3v) is 3.69. The van der Waals surface area contributed by atoms with Crippen LogP contribution in [0.15, 0.2) is 35.7 Å². The van der Waals surface area contributed by atoms with Crippen LogP contribution in [0.4, 0.5) is 8.78 Å². The maximum atomic E-state index is 14.1. The molecule has 0 saturated carbocycles. The normalized spacial score (nSPS) is 12.2. The van der Waals surface area contributed by atoms with Crippen LogP contribution in [0, 0.1) is 5.82 Å². The topological polar surface area (TPSA) is 26.3 Å². The molecule has 0 spiro atoms. The molecule has 2 aromatic rings. The number of benzene rings is 1. The number of rotatable bonds is 4. The van der Waals surface area contributed by atoms with Crippen molar-refractivity contribution in [3.63, 3.8) is 0 Å². The van der Waals surface area contributed by atoms with Crippen molar-refractivity contribution in [2.75, 3.05) is 7.11 Å². The molecule has 2 rings (SSSR count). The van der Waals surface area contributed by atoms with E-state index >= 15 is 0 Å². The third kappa shape index (κ3) is 3.17. The smallest absolute Gasteiger partial charge is 0.338 e. The Morgan fingerprint density at radius 1 is 1.32 bits per heavy atom. The average molecular weight is 282 g/mol. The van der Waals surface area contributed by atoms with Crippen LogP contribution in [0.25, 0.3) is 0 Å². The van der Waals surface area contributed by atoms with Gasteiger partial charge in [-0.1, -0.05) is 12.1 Å². The van der Waals surface area contributed by atoms with Crippen LogP contribution in [0.2, 0.25) is 0 Å². The highest BCUT2D eigenvalue weighted by atomic mass is 32.1. The summed E-state index contributed by atoms with van der Waals surface area (Å²) in [7, 11) is 1.29. The van der Waals surface area contributed by atoms with Crippen LogP contribution in [0.3, 0.4) is 0 Å². The molecule has 0 saturated heterocycles. The molecule has 0 fully saturated rings. The number of halogens is 2. The molecule has 1 unspecified atom stereocenters. The predicted molar refractivity (Wildman–Crippen MR) is 69.6 cm³/mol. The van der Waals surface area contributed by atoms with Crippen molar-refractivity contribution in [3.8, 4) is 0 Å². The zero-order valence-electron chi connectivity index (χ0n) is 10.2. The Bertz CT molecular complexity index is 563. The van der Waals surface area contributed by atoms with Crippen molar-refractivity contribution in [1.82, 2.24) is 0 Å². The van der Waals surface area contributed by atoms with Crippen LogP contribution in [-0.2, 0) is 11.2 Å². The number of esters is 1. The van der Waals surface area contributed by atoms with Crippen molar-refractivity contribution in [3.05, 3.63) is 57.5 Å². The Labute approximate surface area is 113 Å². The molecule has 0 N–H and O–H groups in total. The van der Waals surface area contributed by atoms with Gasteiger partial charge in [0.2, 0.25) is 0 Å². The van der Waals surface area contributed by atoms with Crippen molar-refractivity contribution in [2.24, 2.45) is 0 Å². The second kappa shape index (κ2) is 5.93. The molecule has 0 aliphatic carbocycles. The molecule has 0 aliphatic heterocycles. The SMILES string of the molecule is COC(=O)c1ccsc1CC(F)c1ccc(F)cc1. The summed E-state index contributed by atoms with van der Waals surface area (Å²) < 4.78 is 31.5. The zero-order valence-corrected chi connectivity index (χ0v) is 11.0. The first-order valence-electron chi connectivity index (χ1n) is 5.66. The summed E-state index contributed by atoms with van der Waals surface area (Å²) in [6.45, 7) is 0. The number of thiophene rings is 1. The predicted octanol–water partition coefficient (Wildman–Crippen LogP) is 3.93. The number of methoxy groups -OCH3 is 1. The van der Waals surface area contributed by atoms with Gasteiger partial charge in [0, 0.05) is 11.3 Å². The molecule has 0 bridgehead atoms. The van der Waals surface area contributed by atoms with E-state index in [1.54, 1.807) is 11.4 Å². The summed E-state index contributed by atoms with van der Waals surface area (Å²) in [5.74, 6) is -0.870. The molecular weight excluding hydrogens is 270 g/mol. The summed E-state index contributed by atoms with van der Waals surface area (Å²) in [5.41, 5.74) is 0.780. The van der Waals surface area contributed by atoms with E-state index in [9.17, 15) is 13.6 Å². The number of alkyl halides is 1. The molecule has 2 nitrogen and oxygen atoms in total. The largest absolute Gasteiger partial charge is 0.465 e. The van der Waals surface area contributed by atoms with E-state index < -0.39 is 18.0 Å². The molecule has 0 amide bonds. The van der Waals surface area contributed by atoms with E-state index in [2.05, 4.69) is 4.74 Å². The lowest BCUT2D eigenvalue weighted by molar-refractivity contribution is 0.0600. The summed E-state index contributed by atoms with van der Waals surface area (Å²) in [5, 5.41) is 1.72. The van der Waals surface area contributed by atoms with Crippen molar-refractivity contribution in [2.45, 2.75) is 12.6 Å². The second-order valence-corrected chi connectivity index (χ2v) is 4.97. The fourth-order valence-electron chi connectivity index (χ4n) is 1.74. The molecule has 5 heteroatoms. The van der Waals surface area contributed by atoms with Crippen LogP contribution in [0.5, 0.6) is 0 Å². The highest BCUT2D eigenvalue weighted by molar-refractivity contribution is 7.10. The van der Waals surface area contributed by atoms with Crippen LogP contribution in [-0.4, -0.2) is 13.1 Å². The van der Waals surface area contributed by atoms with Gasteiger partial charge >= 0.3 is 5.97 Å². The highest BCUT2D eigenvalue weighted by Crippen LogP contribution is 2.27. The minimum atomic E-state index is -1.28. The molecule has 1 aromatic carbocycles. The van der Waals surface area contributed by atoms with Gasteiger partial charge in [0.15, 0.2) is 0 Å². The Hall–Kier alpha value is -1.75.